The van der Waals surface area contributed by atoms with Crippen molar-refractivity contribution in [3.05, 3.63) is 59.7 Å². The topological polar surface area (TPSA) is 82.1 Å². The van der Waals surface area contributed by atoms with Gasteiger partial charge in [0.2, 0.25) is 0 Å². The third-order valence-electron chi connectivity index (χ3n) is 5.20. The Balaban J connectivity index is 2.60. The molecule has 1 N–H and O–H groups in total. The molecular formula is C28H42O6. The van der Waals surface area contributed by atoms with E-state index in [9.17, 15) is 14.7 Å². The Morgan fingerprint density at radius 3 is 2.06 bits per heavy atom. The Labute approximate surface area is 205 Å². The summed E-state index contributed by atoms with van der Waals surface area (Å²) in [5, 5.41) is 9.69. The van der Waals surface area contributed by atoms with Gasteiger partial charge in [0.05, 0.1) is 37.6 Å². The van der Waals surface area contributed by atoms with Crippen LogP contribution in [0.5, 0.6) is 0 Å². The van der Waals surface area contributed by atoms with Gasteiger partial charge in [-0.2, -0.15) is 0 Å². The lowest BCUT2D eigenvalue weighted by molar-refractivity contribution is -0.144. The minimum Gasteiger partial charge on any atom is -0.462 e. The summed E-state index contributed by atoms with van der Waals surface area (Å²) < 4.78 is 16.0. The summed E-state index contributed by atoms with van der Waals surface area (Å²) in [4.78, 5) is 24.1. The maximum absolute atomic E-state index is 12.3. The summed E-state index contributed by atoms with van der Waals surface area (Å²) in [6.07, 6.45) is 6.20. The van der Waals surface area contributed by atoms with Crippen LogP contribution in [0.1, 0.15) is 64.5 Å². The molecule has 34 heavy (non-hydrogen) atoms. The molecule has 1 aromatic carbocycles. The molecule has 0 amide bonds. The van der Waals surface area contributed by atoms with Gasteiger partial charge in [-0.15, -0.1) is 0 Å². The molecule has 1 unspecified atom stereocenters. The van der Waals surface area contributed by atoms with E-state index in [1.807, 2.05) is 0 Å². The van der Waals surface area contributed by atoms with Gasteiger partial charge in [0, 0.05) is 11.5 Å². The normalized spacial score (nSPS) is 12.1. The number of esters is 2. The number of hydrogen-bond donors (Lipinski definition) is 1. The second-order valence-corrected chi connectivity index (χ2v) is 9.56. The summed E-state index contributed by atoms with van der Waals surface area (Å²) >= 11 is 0. The molecule has 0 heterocycles. The molecule has 6 nitrogen and oxygen atoms in total. The molecule has 0 aliphatic carbocycles. The van der Waals surface area contributed by atoms with E-state index in [1.165, 1.54) is 30.4 Å². The highest BCUT2D eigenvalue weighted by atomic mass is 16.5. The van der Waals surface area contributed by atoms with Gasteiger partial charge in [-0.3, -0.25) is 0 Å². The van der Waals surface area contributed by atoms with Crippen molar-refractivity contribution in [2.45, 2.75) is 71.8 Å². The van der Waals surface area contributed by atoms with Crippen LogP contribution in [0.2, 0.25) is 0 Å². The van der Waals surface area contributed by atoms with E-state index in [0.29, 0.717) is 12.0 Å². The van der Waals surface area contributed by atoms with Gasteiger partial charge in [-0.1, -0.05) is 57.2 Å². The highest BCUT2D eigenvalue weighted by Gasteiger charge is 2.18. The van der Waals surface area contributed by atoms with Gasteiger partial charge < -0.3 is 19.3 Å². The number of rotatable bonds is 17. The summed E-state index contributed by atoms with van der Waals surface area (Å²) in [5.74, 6) is -1.19. The molecule has 0 saturated carbocycles. The molecule has 0 bridgehead atoms. The quantitative estimate of drug-likeness (QED) is 0.195. The maximum atomic E-state index is 12.3. The Morgan fingerprint density at radius 1 is 0.971 bits per heavy atom. The number of aliphatic hydroxyl groups is 1. The molecular weight excluding hydrogens is 432 g/mol. The fourth-order valence-corrected chi connectivity index (χ4v) is 3.13. The third kappa shape index (κ3) is 13.3. The summed E-state index contributed by atoms with van der Waals surface area (Å²) in [6, 6.07) is 8.59. The lowest BCUT2D eigenvalue weighted by Crippen LogP contribution is -2.27. The Morgan fingerprint density at radius 2 is 1.53 bits per heavy atom. The monoisotopic (exact) mass is 474 g/mol. The molecule has 6 heteroatoms. The Bertz CT molecular complexity index is 788. The zero-order valence-corrected chi connectivity index (χ0v) is 21.4. The highest BCUT2D eigenvalue weighted by Crippen LogP contribution is 2.15. The molecule has 0 aliphatic heterocycles. The van der Waals surface area contributed by atoms with Crippen LogP contribution in [0.4, 0.5) is 0 Å². The van der Waals surface area contributed by atoms with Crippen molar-refractivity contribution in [1.29, 1.82) is 0 Å². The number of hydrogen-bond acceptors (Lipinski definition) is 6. The van der Waals surface area contributed by atoms with E-state index in [2.05, 4.69) is 44.3 Å². The van der Waals surface area contributed by atoms with E-state index in [1.54, 1.807) is 20.8 Å². The SMILES string of the molecule is C=C(C)C(=O)OCC(CCc1ccc(CCCCC)cc1)COC(=O)C(=C)COCC(C)(C)O. The molecule has 0 spiro atoms. The minimum absolute atomic E-state index is 0.0251. The first-order valence-electron chi connectivity index (χ1n) is 12.1. The zero-order chi connectivity index (χ0) is 25.6. The van der Waals surface area contributed by atoms with Crippen molar-refractivity contribution in [3.63, 3.8) is 0 Å². The predicted molar refractivity (Wildman–Crippen MR) is 134 cm³/mol. The van der Waals surface area contributed by atoms with E-state index in [4.69, 9.17) is 14.2 Å². The van der Waals surface area contributed by atoms with Gasteiger partial charge in [-0.25, -0.2) is 9.59 Å². The lowest BCUT2D eigenvalue weighted by Gasteiger charge is -2.19. The molecule has 0 radical (unpaired) electrons. The average molecular weight is 475 g/mol. The second-order valence-electron chi connectivity index (χ2n) is 9.56. The number of unbranched alkanes of at least 4 members (excludes halogenated alkanes) is 2. The van der Waals surface area contributed by atoms with E-state index >= 15 is 0 Å². The first-order chi connectivity index (χ1) is 16.0. The van der Waals surface area contributed by atoms with Crippen molar-refractivity contribution in [3.8, 4) is 0 Å². The van der Waals surface area contributed by atoms with E-state index < -0.39 is 17.5 Å². The first kappa shape index (κ1) is 29.6. The predicted octanol–water partition coefficient (Wildman–Crippen LogP) is 4.97. The van der Waals surface area contributed by atoms with Crippen LogP contribution in [0.3, 0.4) is 0 Å². The Kier molecular flexibility index (Phi) is 13.5. The van der Waals surface area contributed by atoms with Crippen LogP contribution in [0, 0.1) is 5.92 Å². The average Bonchev–Trinajstić information content (AvgIpc) is 2.78. The van der Waals surface area contributed by atoms with Crippen LogP contribution in [-0.2, 0) is 36.6 Å². The second kappa shape index (κ2) is 15.5. The van der Waals surface area contributed by atoms with Crippen molar-refractivity contribution in [2.24, 2.45) is 5.92 Å². The molecule has 0 aromatic heterocycles. The number of carbonyl (C=O) groups excluding carboxylic acids is 2. The molecule has 0 saturated heterocycles. The summed E-state index contributed by atoms with van der Waals surface area (Å²) in [7, 11) is 0. The maximum Gasteiger partial charge on any atom is 0.335 e. The largest absolute Gasteiger partial charge is 0.462 e. The lowest BCUT2D eigenvalue weighted by atomic mass is 9.99. The van der Waals surface area contributed by atoms with Crippen molar-refractivity contribution in [2.75, 3.05) is 26.4 Å². The van der Waals surface area contributed by atoms with Crippen LogP contribution in [-0.4, -0.2) is 49.1 Å². The van der Waals surface area contributed by atoms with Crippen LogP contribution < -0.4 is 0 Å². The van der Waals surface area contributed by atoms with E-state index in [-0.39, 0.29) is 37.9 Å². The fourth-order valence-electron chi connectivity index (χ4n) is 3.13. The van der Waals surface area contributed by atoms with Gasteiger partial charge in [0.1, 0.15) is 0 Å². The van der Waals surface area contributed by atoms with Gasteiger partial charge in [0.25, 0.3) is 0 Å². The third-order valence-corrected chi connectivity index (χ3v) is 5.20. The zero-order valence-electron chi connectivity index (χ0n) is 21.4. The number of benzene rings is 1. The van der Waals surface area contributed by atoms with E-state index in [0.717, 1.165) is 12.8 Å². The van der Waals surface area contributed by atoms with Gasteiger partial charge in [0.15, 0.2) is 0 Å². The van der Waals surface area contributed by atoms with Crippen molar-refractivity contribution >= 4 is 11.9 Å². The molecule has 190 valence electrons. The smallest absolute Gasteiger partial charge is 0.335 e. The number of ether oxygens (including phenoxy) is 3. The first-order valence-corrected chi connectivity index (χ1v) is 12.1. The number of carbonyl (C=O) groups is 2. The molecule has 1 aromatic rings. The number of aryl methyl sites for hydroxylation is 2. The van der Waals surface area contributed by atoms with Crippen LogP contribution in [0.15, 0.2) is 48.6 Å². The summed E-state index contributed by atoms with van der Waals surface area (Å²) in [6.45, 7) is 14.6. The highest BCUT2D eigenvalue weighted by molar-refractivity contribution is 5.88. The van der Waals surface area contributed by atoms with Crippen LogP contribution in [0.25, 0.3) is 0 Å². The molecule has 0 aliphatic rings. The molecule has 1 rings (SSSR count). The molecule has 1 atom stereocenters. The summed E-state index contributed by atoms with van der Waals surface area (Å²) in [5.41, 5.74) is 2.03. The minimum atomic E-state index is -0.990. The standard InChI is InChI=1S/C28H42O6/c1-7-8-9-10-23-11-13-24(14-12-23)15-16-25(18-33-26(29)21(2)3)19-34-27(30)22(4)17-32-20-28(5,6)31/h11-14,25,31H,2,4,7-10,15-20H2,1,3,5-6H3. The molecule has 0 fully saturated rings. The van der Waals surface area contributed by atoms with Gasteiger partial charge in [-0.05, 0) is 57.6 Å². The Hall–Kier alpha value is -2.44. The van der Waals surface area contributed by atoms with Crippen molar-refractivity contribution in [1.82, 2.24) is 0 Å². The van der Waals surface area contributed by atoms with Gasteiger partial charge >= 0.3 is 11.9 Å². The van der Waals surface area contributed by atoms with Crippen LogP contribution >= 0.6 is 0 Å². The van der Waals surface area contributed by atoms with Crippen molar-refractivity contribution < 1.29 is 28.9 Å². The fraction of sp³-hybridized carbons (Fsp3) is 0.571.